The molecule has 0 aromatic carbocycles. The van der Waals surface area contributed by atoms with Crippen molar-refractivity contribution >= 4 is 48.2 Å². The Balaban J connectivity index is -0.000000258. The van der Waals surface area contributed by atoms with Crippen LogP contribution in [0.1, 0.15) is 369 Å². The molecule has 4 saturated heterocycles. The Kier molecular flexibility index (Phi) is 59.3. The van der Waals surface area contributed by atoms with Crippen molar-refractivity contribution in [1.29, 1.82) is 0 Å². The van der Waals surface area contributed by atoms with Crippen molar-refractivity contribution in [2.75, 3.05) is 0 Å². The van der Waals surface area contributed by atoms with Gasteiger partial charge in [0.25, 0.3) is 0 Å². The van der Waals surface area contributed by atoms with Gasteiger partial charge in [-0.1, -0.05) is 166 Å². The molecule has 4 fully saturated rings. The zero-order valence-electron chi connectivity index (χ0n) is 71.0. The van der Waals surface area contributed by atoms with E-state index in [1.807, 2.05) is 39.0 Å². The molecule has 0 saturated carbocycles. The molecule has 17 heteroatoms. The number of aldehydes is 2. The lowest BCUT2D eigenvalue weighted by atomic mass is 9.54. The van der Waals surface area contributed by atoms with Gasteiger partial charge in [0.1, 0.15) is 18.4 Å². The summed E-state index contributed by atoms with van der Waals surface area (Å²) in [7, 11) is 0. The Hall–Kier alpha value is -4.58. The van der Waals surface area contributed by atoms with Crippen LogP contribution in [0.5, 0.6) is 0 Å². The maximum atomic E-state index is 10.3. The number of hydrogen-bond acceptors (Lipinski definition) is 17. The number of carbonyl (C=O) groups excluding carboxylic acids is 8. The first-order valence-electron chi connectivity index (χ1n) is 38.7. The van der Waals surface area contributed by atoms with Crippen LogP contribution >= 0.6 is 0 Å². The van der Waals surface area contributed by atoms with Gasteiger partial charge >= 0.3 is 0 Å². The first-order chi connectivity index (χ1) is 46.7. The second-order valence-corrected chi connectivity index (χ2v) is 32.4. The fourth-order valence-corrected chi connectivity index (χ4v) is 14.5. The van der Waals surface area contributed by atoms with Gasteiger partial charge in [-0.25, -0.2) is 0 Å². The largest absolute Gasteiger partial charge is 0.550 e. The summed E-state index contributed by atoms with van der Waals surface area (Å²) in [6, 6.07) is 0. The molecular weight excluding hydrogens is 1290 g/mol. The molecule has 0 aliphatic carbocycles. The first kappa shape index (κ1) is 108. The highest BCUT2D eigenvalue weighted by molar-refractivity contribution is 5.72. The molecule has 4 heterocycles. The number of ketones is 1. The van der Waals surface area contributed by atoms with Crippen molar-refractivity contribution in [2.45, 2.75) is 416 Å². The molecule has 0 N–H and O–H groups in total. The summed E-state index contributed by atoms with van der Waals surface area (Å²) in [5.41, 5.74) is 3.55. The summed E-state index contributed by atoms with van der Waals surface area (Å²) in [5.74, 6) is -2.23. The number of hydrogen-bond donors (Lipinski definition) is 0. The van der Waals surface area contributed by atoms with Crippen molar-refractivity contribution in [3.63, 3.8) is 0 Å². The zero-order valence-corrected chi connectivity index (χ0v) is 71.0. The second kappa shape index (κ2) is 55.8. The summed E-state index contributed by atoms with van der Waals surface area (Å²) in [6.07, 6.45) is 28.4. The molecule has 0 bridgehead atoms. The maximum Gasteiger partial charge on any atom is 0.126 e. The normalized spacial score (nSPS) is 23.0. The minimum Gasteiger partial charge on any atom is -0.550 e. The predicted molar refractivity (Wildman–Crippen MR) is 408 cm³/mol. The van der Waals surface area contributed by atoms with Crippen LogP contribution in [0.2, 0.25) is 0 Å². The number of allylic oxidation sites excluding steroid dienone is 6. The van der Waals surface area contributed by atoms with Gasteiger partial charge in [0.05, 0.1) is 46.8 Å². The second-order valence-electron chi connectivity index (χ2n) is 32.4. The molecule has 0 aromatic rings. The fourth-order valence-electron chi connectivity index (χ4n) is 14.5. The minimum atomic E-state index is -1.09. The Morgan fingerprint density at radius 1 is 0.353 bits per heavy atom. The molecule has 0 amide bonds. The monoisotopic (exact) mass is 1450 g/mol. The van der Waals surface area contributed by atoms with Gasteiger partial charge in [-0.3, -0.25) is 0 Å². The van der Waals surface area contributed by atoms with E-state index in [-0.39, 0.29) is 88.1 Å². The molecule has 8 unspecified atom stereocenters. The number of Topliss-reactive ketones (excluding diaryl/α,β-unsaturated/α-hetero) is 1. The quantitative estimate of drug-likeness (QED) is 0.0382. The van der Waals surface area contributed by atoms with Crippen LogP contribution in [0.15, 0.2) is 35.5 Å². The average molecular weight is 1450 g/mol. The van der Waals surface area contributed by atoms with Gasteiger partial charge in [0, 0.05) is 54.5 Å². The van der Waals surface area contributed by atoms with E-state index < -0.39 is 29.8 Å². The third-order valence-corrected chi connectivity index (χ3v) is 20.7. The lowest BCUT2D eigenvalue weighted by Crippen LogP contribution is -2.61. The van der Waals surface area contributed by atoms with E-state index in [1.54, 1.807) is 0 Å². The van der Waals surface area contributed by atoms with E-state index >= 15 is 0 Å². The SMILES string of the molecule is CC(C)=CCCCC(=O)[O-].CC(C)=O.CC/C=C\CCCC(=O)[O-].CCC1C(CCCC(=O)[O-])OC1(C)C.CCC1OC(C)(C)C(C)(C)C(CC)C1(C)C.CCC1OC(C)(C)C(C)(C)C(CC)C1(C)C.CCC1OC(C)(C)C1CCCC(=O)[O-].CCC=C(C)C.CCC=O.O=CCCCC(=O)[O-]. The van der Waals surface area contributed by atoms with E-state index in [1.165, 1.54) is 44.3 Å². The highest BCUT2D eigenvalue weighted by Crippen LogP contribution is 2.59. The molecule has 17 nitrogen and oxygen atoms in total. The van der Waals surface area contributed by atoms with Gasteiger partial charge in [0.2, 0.25) is 0 Å². The van der Waals surface area contributed by atoms with Crippen molar-refractivity contribution < 1.29 is 82.8 Å². The summed E-state index contributed by atoms with van der Waals surface area (Å²) < 4.78 is 24.2. The topological polar surface area (TPSA) is 289 Å². The van der Waals surface area contributed by atoms with Gasteiger partial charge in [-0.05, 0) is 259 Å². The number of rotatable bonds is 29. The molecule has 0 spiro atoms. The maximum absolute atomic E-state index is 10.3. The molecule has 4 aliphatic heterocycles. The predicted octanol–water partition coefficient (Wildman–Crippen LogP) is 15.9. The third-order valence-electron chi connectivity index (χ3n) is 20.7. The molecule has 4 rings (SSSR count). The zero-order chi connectivity index (χ0) is 81.3. The fraction of sp³-hybridized carbons (Fsp3) is 0.835. The average Bonchev–Trinajstić information content (AvgIpc) is 0.738. The minimum absolute atomic E-state index is 0.0130. The Labute approximate surface area is 624 Å². The molecule has 0 radical (unpaired) electrons. The van der Waals surface area contributed by atoms with Gasteiger partial charge < -0.3 is 82.8 Å². The van der Waals surface area contributed by atoms with Gasteiger partial charge in [0.15, 0.2) is 0 Å². The van der Waals surface area contributed by atoms with Crippen molar-refractivity contribution in [3.8, 4) is 0 Å². The number of ether oxygens (including phenoxy) is 4. The van der Waals surface area contributed by atoms with E-state index in [0.717, 1.165) is 64.1 Å². The number of carboxylic acid groups (broad SMARTS) is 5. The van der Waals surface area contributed by atoms with E-state index in [0.29, 0.717) is 93.2 Å². The first-order valence-corrected chi connectivity index (χ1v) is 38.7. The van der Waals surface area contributed by atoms with Crippen molar-refractivity contribution in [2.24, 2.45) is 45.3 Å². The van der Waals surface area contributed by atoms with Crippen LogP contribution in [0.25, 0.3) is 0 Å². The van der Waals surface area contributed by atoms with Crippen molar-refractivity contribution in [1.82, 2.24) is 0 Å². The van der Waals surface area contributed by atoms with Crippen LogP contribution in [-0.4, -0.2) is 95.0 Å². The van der Waals surface area contributed by atoms with Crippen LogP contribution in [0.3, 0.4) is 0 Å². The van der Waals surface area contributed by atoms with Crippen LogP contribution < -0.4 is 25.5 Å². The summed E-state index contributed by atoms with van der Waals surface area (Å²) in [5, 5.41) is 49.9. The molecule has 4 aliphatic rings. The Morgan fingerprint density at radius 2 is 0.686 bits per heavy atom. The van der Waals surface area contributed by atoms with Crippen LogP contribution in [0, 0.1) is 45.3 Å². The van der Waals surface area contributed by atoms with Gasteiger partial charge in [-0.15, -0.1) is 0 Å². The Bertz CT molecular complexity index is 2320. The highest BCUT2D eigenvalue weighted by atomic mass is 16.5. The molecular formula is C85H155O17-5. The van der Waals surface area contributed by atoms with Gasteiger partial charge in [-0.2, -0.15) is 0 Å². The lowest BCUT2D eigenvalue weighted by Gasteiger charge is -2.61. The number of unbranched alkanes of at least 4 members (excludes halogenated alkanes) is 3. The van der Waals surface area contributed by atoms with Crippen LogP contribution in [0.4, 0.5) is 0 Å². The standard InChI is InChI=1S/2C15H30O.2C11H20O3.2C8H14O2.C6H12.C5H8O3.2C3H6O/c2*1-9-11-13(3,4)12(10-2)16-15(7,8)14(11,5)6;1-4-9-8(11(2,3)14-9)6-5-7-10(12)13;1-4-8-9(14-11(8,2)3)6-5-7-10(12)13;1-7(2)5-3-4-6-8(9)10;1-2-3-4-5-6-7-8(9)10;1-4-5-6(2)3;6-4-2-1-3-5(7)8;1-3(2)4;1-2-3-4/h2*11-12H,9-10H2,1-8H3;2*8-9H,4-7H2,1-3H3,(H,12,13);5H,3-4,6H2,1-2H3,(H,9,10);3-4H,2,5-7H2,1H3,(H,9,10);5H,4H2,1-3H3;4H,1-3H2,(H,7,8);1-2H3;3H,2H2,1H3/p-5/b;;;;;4-3-;;;;. The summed E-state index contributed by atoms with van der Waals surface area (Å²) in [4.78, 5) is 78.1. The van der Waals surface area contributed by atoms with Crippen molar-refractivity contribution in [3.05, 3.63) is 35.5 Å². The highest BCUT2D eigenvalue weighted by Gasteiger charge is 2.58. The molecule has 602 valence electrons. The molecule has 102 heavy (non-hydrogen) atoms. The summed E-state index contributed by atoms with van der Waals surface area (Å²) >= 11 is 0. The lowest BCUT2D eigenvalue weighted by molar-refractivity contribution is -0.307. The summed E-state index contributed by atoms with van der Waals surface area (Å²) in [6.45, 7) is 67.0. The third kappa shape index (κ3) is 45.7. The molecule has 8 atom stereocenters. The van der Waals surface area contributed by atoms with E-state index in [9.17, 15) is 63.9 Å². The van der Waals surface area contributed by atoms with E-state index in [2.05, 4.69) is 186 Å². The van der Waals surface area contributed by atoms with E-state index in [4.69, 9.17) is 18.9 Å². The smallest absolute Gasteiger partial charge is 0.126 e. The Morgan fingerprint density at radius 3 is 0.951 bits per heavy atom. The number of carboxylic acids is 5. The number of aliphatic carboxylic acids is 5. The van der Waals surface area contributed by atoms with Crippen LogP contribution in [-0.2, 0) is 57.3 Å². The molecule has 0 aromatic heterocycles. The number of carbonyl (C=O) groups is 8.